The number of anilines is 1. The summed E-state index contributed by atoms with van der Waals surface area (Å²) in [6, 6.07) is 9.48. The zero-order valence-corrected chi connectivity index (χ0v) is 15.5. The Morgan fingerprint density at radius 1 is 1.07 bits per heavy atom. The molecule has 0 spiro atoms. The summed E-state index contributed by atoms with van der Waals surface area (Å²) in [4.78, 5) is 23.9. The molecule has 0 saturated heterocycles. The third kappa shape index (κ3) is 6.22. The van der Waals surface area contributed by atoms with Gasteiger partial charge < -0.3 is 19.5 Å². The third-order valence-corrected chi connectivity index (χ3v) is 3.52. The maximum Gasteiger partial charge on any atom is 0.344 e. The van der Waals surface area contributed by atoms with Crippen LogP contribution in [0.4, 0.5) is 14.5 Å². The van der Waals surface area contributed by atoms with Crippen LogP contribution < -0.4 is 14.8 Å². The van der Waals surface area contributed by atoms with Crippen LogP contribution in [0.15, 0.2) is 42.5 Å². The van der Waals surface area contributed by atoms with Crippen LogP contribution >= 0.6 is 0 Å². The van der Waals surface area contributed by atoms with E-state index in [1.54, 1.807) is 24.3 Å². The number of hydrogen-bond donors (Lipinski definition) is 1. The van der Waals surface area contributed by atoms with Gasteiger partial charge in [0.2, 0.25) is 0 Å². The standard InChI is InChI=1S/C20H21F2NO5/c1-3-10-26-17-6-4-5-7-18(17)27-12-19(24)28-13(2)20(25)23-16-11-14(21)8-9-15(16)22/h4-9,11,13H,3,10,12H2,1-2H3,(H,23,25)/t13-/m1/s1. The van der Waals surface area contributed by atoms with E-state index in [0.29, 0.717) is 18.1 Å². The Balaban J connectivity index is 1.87. The summed E-state index contributed by atoms with van der Waals surface area (Å²) in [5, 5.41) is 2.17. The zero-order chi connectivity index (χ0) is 20.5. The lowest BCUT2D eigenvalue weighted by molar-refractivity contribution is -0.155. The molecule has 0 aliphatic carbocycles. The average molecular weight is 393 g/mol. The fourth-order valence-corrected chi connectivity index (χ4v) is 2.15. The van der Waals surface area contributed by atoms with Gasteiger partial charge in [0.15, 0.2) is 24.2 Å². The Morgan fingerprint density at radius 3 is 2.43 bits per heavy atom. The number of esters is 1. The van der Waals surface area contributed by atoms with Gasteiger partial charge in [0, 0.05) is 6.07 Å². The molecule has 0 heterocycles. The highest BCUT2D eigenvalue weighted by molar-refractivity contribution is 5.95. The average Bonchev–Trinajstić information content (AvgIpc) is 2.68. The number of ether oxygens (including phenoxy) is 3. The molecule has 28 heavy (non-hydrogen) atoms. The highest BCUT2D eigenvalue weighted by Gasteiger charge is 2.20. The van der Waals surface area contributed by atoms with Crippen molar-refractivity contribution in [3.63, 3.8) is 0 Å². The largest absolute Gasteiger partial charge is 0.490 e. The van der Waals surface area contributed by atoms with E-state index >= 15 is 0 Å². The molecule has 1 N–H and O–H groups in total. The van der Waals surface area contributed by atoms with E-state index in [1.807, 2.05) is 6.92 Å². The van der Waals surface area contributed by atoms with Gasteiger partial charge in [-0.2, -0.15) is 0 Å². The molecule has 2 aromatic carbocycles. The van der Waals surface area contributed by atoms with Crippen molar-refractivity contribution in [1.82, 2.24) is 0 Å². The lowest BCUT2D eigenvalue weighted by Crippen LogP contribution is -2.32. The molecule has 0 unspecified atom stereocenters. The molecule has 0 fully saturated rings. The van der Waals surface area contributed by atoms with E-state index in [4.69, 9.17) is 14.2 Å². The van der Waals surface area contributed by atoms with Crippen molar-refractivity contribution in [2.75, 3.05) is 18.5 Å². The van der Waals surface area contributed by atoms with Gasteiger partial charge in [-0.25, -0.2) is 13.6 Å². The normalized spacial score (nSPS) is 11.4. The molecule has 6 nitrogen and oxygen atoms in total. The fraction of sp³-hybridized carbons (Fsp3) is 0.300. The molecule has 0 aliphatic heterocycles. The number of amides is 1. The molecule has 0 aromatic heterocycles. The minimum atomic E-state index is -1.23. The number of halogens is 2. The Bertz CT molecular complexity index is 828. The predicted molar refractivity (Wildman–Crippen MR) is 98.3 cm³/mol. The first-order valence-electron chi connectivity index (χ1n) is 8.70. The Kier molecular flexibility index (Phi) is 7.74. The van der Waals surface area contributed by atoms with E-state index in [2.05, 4.69) is 5.32 Å². The van der Waals surface area contributed by atoms with E-state index in [1.165, 1.54) is 6.92 Å². The van der Waals surface area contributed by atoms with Crippen molar-refractivity contribution < 1.29 is 32.6 Å². The number of carbonyl (C=O) groups is 2. The first-order chi connectivity index (χ1) is 13.4. The molecule has 8 heteroatoms. The van der Waals surface area contributed by atoms with E-state index in [0.717, 1.165) is 24.6 Å². The highest BCUT2D eigenvalue weighted by Crippen LogP contribution is 2.26. The number of para-hydroxylation sites is 2. The van der Waals surface area contributed by atoms with Crippen LogP contribution in [0.1, 0.15) is 20.3 Å². The Labute approximate surface area is 161 Å². The van der Waals surface area contributed by atoms with Crippen LogP contribution in [-0.4, -0.2) is 31.2 Å². The van der Waals surface area contributed by atoms with Crippen molar-refractivity contribution in [3.05, 3.63) is 54.1 Å². The molecule has 0 aliphatic rings. The van der Waals surface area contributed by atoms with Gasteiger partial charge in [0.25, 0.3) is 5.91 Å². The van der Waals surface area contributed by atoms with Crippen molar-refractivity contribution >= 4 is 17.6 Å². The summed E-state index contributed by atoms with van der Waals surface area (Å²) in [7, 11) is 0. The predicted octanol–water partition coefficient (Wildman–Crippen LogP) is 3.70. The van der Waals surface area contributed by atoms with Crippen LogP contribution in [-0.2, 0) is 14.3 Å². The van der Waals surface area contributed by atoms with Crippen molar-refractivity contribution in [2.24, 2.45) is 0 Å². The number of benzene rings is 2. The second kappa shape index (κ2) is 10.2. The summed E-state index contributed by atoms with van der Waals surface area (Å²) in [5.74, 6) is -2.26. The summed E-state index contributed by atoms with van der Waals surface area (Å²) in [6.45, 7) is 3.32. The minimum absolute atomic E-state index is 0.342. The molecule has 1 atom stereocenters. The maximum absolute atomic E-state index is 13.6. The van der Waals surface area contributed by atoms with Gasteiger partial charge in [-0.15, -0.1) is 0 Å². The van der Waals surface area contributed by atoms with Crippen LogP contribution in [0.3, 0.4) is 0 Å². The number of rotatable bonds is 9. The van der Waals surface area contributed by atoms with E-state index in [9.17, 15) is 18.4 Å². The van der Waals surface area contributed by atoms with Crippen LogP contribution in [0.5, 0.6) is 11.5 Å². The third-order valence-electron chi connectivity index (χ3n) is 3.52. The van der Waals surface area contributed by atoms with Crippen molar-refractivity contribution in [3.8, 4) is 11.5 Å². The van der Waals surface area contributed by atoms with Crippen molar-refractivity contribution in [1.29, 1.82) is 0 Å². The Hall–Kier alpha value is -3.16. The van der Waals surface area contributed by atoms with Crippen molar-refractivity contribution in [2.45, 2.75) is 26.4 Å². The SMILES string of the molecule is CCCOc1ccccc1OCC(=O)O[C@H](C)C(=O)Nc1cc(F)ccc1F. The molecule has 0 radical (unpaired) electrons. The second-order valence-electron chi connectivity index (χ2n) is 5.83. The van der Waals surface area contributed by atoms with Gasteiger partial charge in [0.1, 0.15) is 11.6 Å². The number of hydrogen-bond acceptors (Lipinski definition) is 5. The lowest BCUT2D eigenvalue weighted by Gasteiger charge is -2.15. The topological polar surface area (TPSA) is 73.9 Å². The molecule has 2 rings (SSSR count). The molecule has 0 saturated carbocycles. The maximum atomic E-state index is 13.6. The first kappa shape index (κ1) is 21.1. The monoisotopic (exact) mass is 393 g/mol. The summed E-state index contributed by atoms with van der Waals surface area (Å²) >= 11 is 0. The van der Waals surface area contributed by atoms with Gasteiger partial charge in [-0.1, -0.05) is 19.1 Å². The molecule has 0 bridgehead atoms. The molecule has 150 valence electrons. The lowest BCUT2D eigenvalue weighted by atomic mass is 10.2. The molecule has 2 aromatic rings. The second-order valence-corrected chi connectivity index (χ2v) is 5.83. The van der Waals surface area contributed by atoms with Crippen LogP contribution in [0, 0.1) is 11.6 Å². The van der Waals surface area contributed by atoms with Gasteiger partial charge >= 0.3 is 5.97 Å². The molecular formula is C20H21F2NO5. The van der Waals surface area contributed by atoms with Gasteiger partial charge in [0.05, 0.1) is 12.3 Å². The summed E-state index contributed by atoms with van der Waals surface area (Å²) in [5.41, 5.74) is -0.342. The fourth-order valence-electron chi connectivity index (χ4n) is 2.15. The van der Waals surface area contributed by atoms with Gasteiger partial charge in [-0.3, -0.25) is 4.79 Å². The van der Waals surface area contributed by atoms with E-state index in [-0.39, 0.29) is 5.69 Å². The zero-order valence-electron chi connectivity index (χ0n) is 15.5. The van der Waals surface area contributed by atoms with Gasteiger partial charge in [-0.05, 0) is 37.6 Å². The first-order valence-corrected chi connectivity index (χ1v) is 8.70. The molecule has 1 amide bonds. The summed E-state index contributed by atoms with van der Waals surface area (Å²) in [6.07, 6.45) is -0.417. The smallest absolute Gasteiger partial charge is 0.344 e. The Morgan fingerprint density at radius 2 is 1.75 bits per heavy atom. The minimum Gasteiger partial charge on any atom is -0.490 e. The summed E-state index contributed by atoms with van der Waals surface area (Å²) < 4.78 is 42.6. The number of nitrogens with one attached hydrogen (secondary N) is 1. The van der Waals surface area contributed by atoms with Crippen LogP contribution in [0.25, 0.3) is 0 Å². The highest BCUT2D eigenvalue weighted by atomic mass is 19.1. The quantitative estimate of drug-likeness (QED) is 0.658. The number of carbonyl (C=O) groups excluding carboxylic acids is 2. The van der Waals surface area contributed by atoms with E-state index < -0.39 is 36.2 Å². The van der Waals surface area contributed by atoms with Crippen LogP contribution in [0.2, 0.25) is 0 Å². The molecular weight excluding hydrogens is 372 g/mol.